The van der Waals surface area contributed by atoms with E-state index >= 15 is 0 Å². The zero-order chi connectivity index (χ0) is 14.8. The van der Waals surface area contributed by atoms with E-state index in [-0.39, 0.29) is 0 Å². The Hall–Kier alpha value is -1.99. The lowest BCUT2D eigenvalue weighted by atomic mass is 10.1. The molecule has 104 valence electrons. The molecule has 0 aliphatic rings. The standard InChI is InChI=1S/C20H19S/c1-14-12-19(17-10-6-4-8-15(17)2)21-20(13-14)18-11-7-5-9-16(18)3/h4-13H,1-3H3/q+1. The first-order valence-electron chi connectivity index (χ1n) is 7.22. The Labute approximate surface area is 130 Å². The fourth-order valence-corrected chi connectivity index (χ4v) is 4.00. The normalized spacial score (nSPS) is 10.6. The molecule has 0 spiro atoms. The molecule has 0 fully saturated rings. The predicted octanol–water partition coefficient (Wildman–Crippen LogP) is 6.29. The van der Waals surface area contributed by atoms with Crippen LogP contribution in [0.2, 0.25) is 0 Å². The van der Waals surface area contributed by atoms with Crippen LogP contribution in [0.3, 0.4) is 0 Å². The Morgan fingerprint density at radius 3 is 1.48 bits per heavy atom. The van der Waals surface area contributed by atoms with Gasteiger partial charge >= 0.3 is 0 Å². The highest BCUT2D eigenvalue weighted by molar-refractivity contribution is 7.18. The van der Waals surface area contributed by atoms with Crippen molar-refractivity contribution < 1.29 is 0 Å². The van der Waals surface area contributed by atoms with Crippen molar-refractivity contribution in [3.05, 3.63) is 77.4 Å². The molecule has 2 aromatic carbocycles. The molecule has 0 atom stereocenters. The molecule has 0 aliphatic heterocycles. The number of rotatable bonds is 2. The van der Waals surface area contributed by atoms with Crippen molar-refractivity contribution in [2.75, 3.05) is 0 Å². The summed E-state index contributed by atoms with van der Waals surface area (Å²) >= 11 is 1.87. The molecule has 3 aromatic rings. The van der Waals surface area contributed by atoms with Gasteiger partial charge < -0.3 is 0 Å². The molecule has 1 heterocycles. The highest BCUT2D eigenvalue weighted by Crippen LogP contribution is 2.36. The Morgan fingerprint density at radius 1 is 0.619 bits per heavy atom. The van der Waals surface area contributed by atoms with Gasteiger partial charge in [0, 0.05) is 23.3 Å². The van der Waals surface area contributed by atoms with Gasteiger partial charge in [-0.1, -0.05) is 36.4 Å². The maximum absolute atomic E-state index is 2.29. The molecule has 0 unspecified atom stereocenters. The van der Waals surface area contributed by atoms with Crippen LogP contribution < -0.4 is 0 Å². The number of benzene rings is 2. The van der Waals surface area contributed by atoms with Gasteiger partial charge in [-0.25, -0.2) is 0 Å². The molecule has 0 amide bonds. The molecule has 0 aliphatic carbocycles. The molecule has 3 rings (SSSR count). The van der Waals surface area contributed by atoms with Gasteiger partial charge in [0.1, 0.15) is 0 Å². The minimum absolute atomic E-state index is 1.31. The minimum atomic E-state index is 1.31. The first-order valence-corrected chi connectivity index (χ1v) is 8.03. The Bertz CT molecular complexity index is 724. The highest BCUT2D eigenvalue weighted by Gasteiger charge is 2.19. The fraction of sp³-hybridized carbons (Fsp3) is 0.150. The summed E-state index contributed by atoms with van der Waals surface area (Å²) in [5.74, 6) is 0. The van der Waals surface area contributed by atoms with Crippen LogP contribution in [-0.4, -0.2) is 0 Å². The van der Waals surface area contributed by atoms with Crippen LogP contribution in [0.4, 0.5) is 0 Å². The monoisotopic (exact) mass is 291 g/mol. The SMILES string of the molecule is Cc1cc(-c2ccccc2C)[s+]c(-c2ccccc2C)c1. The molecule has 0 bridgehead atoms. The van der Waals surface area contributed by atoms with Crippen molar-refractivity contribution in [3.8, 4) is 20.9 Å². The molecular weight excluding hydrogens is 272 g/mol. The van der Waals surface area contributed by atoms with Crippen LogP contribution in [0.15, 0.2) is 60.7 Å². The van der Waals surface area contributed by atoms with Crippen molar-refractivity contribution in [1.29, 1.82) is 0 Å². The van der Waals surface area contributed by atoms with Crippen molar-refractivity contribution in [3.63, 3.8) is 0 Å². The molecule has 0 nitrogen and oxygen atoms in total. The van der Waals surface area contributed by atoms with Gasteiger partial charge in [0.2, 0.25) is 21.1 Å². The summed E-state index contributed by atoms with van der Waals surface area (Å²) in [6.45, 7) is 6.53. The van der Waals surface area contributed by atoms with E-state index in [4.69, 9.17) is 0 Å². The van der Waals surface area contributed by atoms with E-state index < -0.39 is 0 Å². The average Bonchev–Trinajstić information content (AvgIpc) is 2.47. The number of aryl methyl sites for hydroxylation is 3. The maximum atomic E-state index is 2.29. The van der Waals surface area contributed by atoms with Gasteiger partial charge in [-0.15, -0.1) is 0 Å². The Balaban J connectivity index is 2.18. The van der Waals surface area contributed by atoms with Crippen molar-refractivity contribution in [2.24, 2.45) is 0 Å². The average molecular weight is 291 g/mol. The first-order chi connectivity index (χ1) is 10.1. The lowest BCUT2D eigenvalue weighted by Crippen LogP contribution is -1.85. The Kier molecular flexibility index (Phi) is 3.85. The fourth-order valence-electron chi connectivity index (χ4n) is 2.60. The van der Waals surface area contributed by atoms with Gasteiger partial charge in [-0.2, -0.15) is 0 Å². The smallest absolute Gasteiger partial charge is 0.0620 e. The zero-order valence-electron chi connectivity index (χ0n) is 12.7. The molecular formula is C20H19S+. The van der Waals surface area contributed by atoms with Gasteiger partial charge in [0.05, 0.1) is 0 Å². The molecule has 0 saturated carbocycles. The van der Waals surface area contributed by atoms with E-state index in [0.29, 0.717) is 0 Å². The number of hydrogen-bond donors (Lipinski definition) is 0. The van der Waals surface area contributed by atoms with Gasteiger partial charge in [-0.05, 0) is 49.6 Å². The van der Waals surface area contributed by atoms with Crippen LogP contribution in [-0.2, 0) is 0 Å². The van der Waals surface area contributed by atoms with Crippen LogP contribution in [0, 0.1) is 20.8 Å². The molecule has 1 aromatic heterocycles. The number of hydrogen-bond acceptors (Lipinski definition) is 0. The second-order valence-electron chi connectivity index (χ2n) is 5.49. The van der Waals surface area contributed by atoms with Crippen LogP contribution >= 0.6 is 11.3 Å². The molecule has 0 radical (unpaired) electrons. The van der Waals surface area contributed by atoms with Crippen molar-refractivity contribution >= 4 is 11.3 Å². The van der Waals surface area contributed by atoms with Crippen LogP contribution in [0.25, 0.3) is 20.9 Å². The third-order valence-corrected chi connectivity index (χ3v) is 4.87. The van der Waals surface area contributed by atoms with Gasteiger partial charge in [-0.3, -0.25) is 0 Å². The summed E-state index contributed by atoms with van der Waals surface area (Å²) in [4.78, 5) is 2.68. The second kappa shape index (κ2) is 5.79. The Morgan fingerprint density at radius 2 is 1.05 bits per heavy atom. The highest BCUT2D eigenvalue weighted by atomic mass is 32.1. The zero-order valence-corrected chi connectivity index (χ0v) is 13.5. The first kappa shape index (κ1) is 14.0. The molecule has 21 heavy (non-hydrogen) atoms. The topological polar surface area (TPSA) is 0 Å². The lowest BCUT2D eigenvalue weighted by Gasteiger charge is -2.02. The minimum Gasteiger partial charge on any atom is -0.0620 e. The van der Waals surface area contributed by atoms with E-state index in [0.717, 1.165) is 0 Å². The van der Waals surface area contributed by atoms with E-state index in [9.17, 15) is 0 Å². The second-order valence-corrected chi connectivity index (χ2v) is 6.58. The summed E-state index contributed by atoms with van der Waals surface area (Å²) in [7, 11) is 0. The third kappa shape index (κ3) is 2.88. The molecule has 0 saturated heterocycles. The summed E-state index contributed by atoms with van der Waals surface area (Å²) in [5, 5.41) is 0. The van der Waals surface area contributed by atoms with E-state index in [2.05, 4.69) is 81.4 Å². The molecule has 0 N–H and O–H groups in total. The summed E-state index contributed by atoms with van der Waals surface area (Å²) in [6, 6.07) is 21.8. The van der Waals surface area contributed by atoms with Gasteiger partial charge in [0.15, 0.2) is 0 Å². The third-order valence-electron chi connectivity index (χ3n) is 3.76. The van der Waals surface area contributed by atoms with Crippen molar-refractivity contribution in [1.82, 2.24) is 0 Å². The molecule has 1 heteroatoms. The maximum Gasteiger partial charge on any atom is 0.239 e. The quantitative estimate of drug-likeness (QED) is 0.487. The van der Waals surface area contributed by atoms with Crippen LogP contribution in [0.5, 0.6) is 0 Å². The summed E-state index contributed by atoms with van der Waals surface area (Å²) < 4.78 is 0. The van der Waals surface area contributed by atoms with E-state index in [1.54, 1.807) is 0 Å². The summed E-state index contributed by atoms with van der Waals surface area (Å²) in [6.07, 6.45) is 0. The van der Waals surface area contributed by atoms with Gasteiger partial charge in [0.25, 0.3) is 0 Å². The van der Waals surface area contributed by atoms with E-state index in [1.807, 2.05) is 11.3 Å². The lowest BCUT2D eigenvalue weighted by molar-refractivity contribution is 1.44. The van der Waals surface area contributed by atoms with Crippen LogP contribution in [0.1, 0.15) is 16.7 Å². The van der Waals surface area contributed by atoms with Crippen molar-refractivity contribution in [2.45, 2.75) is 20.8 Å². The van der Waals surface area contributed by atoms with E-state index in [1.165, 1.54) is 37.6 Å². The largest absolute Gasteiger partial charge is 0.239 e. The summed E-state index contributed by atoms with van der Waals surface area (Å²) in [5.41, 5.74) is 6.64. The predicted molar refractivity (Wildman–Crippen MR) is 93.8 cm³/mol.